The summed E-state index contributed by atoms with van der Waals surface area (Å²) in [5.41, 5.74) is 12.7. The quantitative estimate of drug-likeness (QED) is 0.188. The average Bonchev–Trinajstić information content (AvgIpc) is 3.94. The Balaban J connectivity index is 1.04. The van der Waals surface area contributed by atoms with Crippen LogP contribution in [0.4, 0.5) is 17.1 Å². The Bertz CT molecular complexity index is 3170. The molecular weight excluding hydrogens is 637 g/mol. The van der Waals surface area contributed by atoms with Gasteiger partial charge in [-0.1, -0.05) is 84.9 Å². The predicted octanol–water partition coefficient (Wildman–Crippen LogP) is 13.8. The Morgan fingerprint density at radius 3 is 1.31 bits per heavy atom. The van der Waals surface area contributed by atoms with E-state index in [1.54, 1.807) is 0 Å². The van der Waals surface area contributed by atoms with Crippen molar-refractivity contribution in [2.24, 2.45) is 0 Å². The Morgan fingerprint density at radius 2 is 0.769 bits per heavy atom. The summed E-state index contributed by atoms with van der Waals surface area (Å²) in [5, 5.41) is 9.57. The second kappa shape index (κ2) is 10.3. The zero-order valence-corrected chi connectivity index (χ0v) is 27.9. The number of benzene rings is 8. The third kappa shape index (κ3) is 3.81. The summed E-state index contributed by atoms with van der Waals surface area (Å²) in [7, 11) is 0. The first kappa shape index (κ1) is 27.7. The van der Waals surface area contributed by atoms with Crippen LogP contribution in [-0.2, 0) is 0 Å². The third-order valence-corrected chi connectivity index (χ3v) is 10.9. The van der Waals surface area contributed by atoms with E-state index in [4.69, 9.17) is 8.83 Å². The van der Waals surface area contributed by atoms with Crippen LogP contribution in [0.15, 0.2) is 179 Å². The molecule has 0 radical (unpaired) electrons. The van der Waals surface area contributed by atoms with Gasteiger partial charge in [0.2, 0.25) is 0 Å². The van der Waals surface area contributed by atoms with Crippen LogP contribution in [0.1, 0.15) is 0 Å². The van der Waals surface area contributed by atoms with Crippen LogP contribution in [0.5, 0.6) is 0 Å². The Hall–Kier alpha value is -7.04. The van der Waals surface area contributed by atoms with E-state index in [9.17, 15) is 0 Å². The van der Waals surface area contributed by atoms with Crippen LogP contribution in [0.3, 0.4) is 0 Å². The summed E-state index contributed by atoms with van der Waals surface area (Å²) in [6.07, 6.45) is 0. The SMILES string of the molecule is c1ccc2c(c1)oc1cc(N(c3ccc(-c4cc5c6ccccc6n6c7ccccc7c(c4)c56)cc3)c3ccc4c(c3)oc3ccccc34)ccc12. The molecule has 0 unspecified atom stereocenters. The van der Waals surface area contributed by atoms with Crippen molar-refractivity contribution in [2.75, 3.05) is 4.90 Å². The molecular formula is C48H28N2O2. The molecule has 4 aromatic heterocycles. The summed E-state index contributed by atoms with van der Waals surface area (Å²) >= 11 is 0. The maximum Gasteiger partial charge on any atom is 0.137 e. The molecule has 4 nitrogen and oxygen atoms in total. The summed E-state index contributed by atoms with van der Waals surface area (Å²) in [4.78, 5) is 2.29. The number of hydrogen-bond acceptors (Lipinski definition) is 3. The predicted molar refractivity (Wildman–Crippen MR) is 216 cm³/mol. The Morgan fingerprint density at radius 1 is 0.327 bits per heavy atom. The smallest absolute Gasteiger partial charge is 0.137 e. The molecule has 0 aliphatic rings. The van der Waals surface area contributed by atoms with Gasteiger partial charge in [0.05, 0.1) is 16.6 Å². The Kier molecular flexibility index (Phi) is 5.47. The highest BCUT2D eigenvalue weighted by atomic mass is 16.3. The normalized spacial score (nSPS) is 12.2. The highest BCUT2D eigenvalue weighted by Gasteiger charge is 2.20. The molecule has 0 bridgehead atoms. The molecule has 8 aromatic carbocycles. The summed E-state index contributed by atoms with van der Waals surface area (Å²) in [6, 6.07) is 60.6. The molecule has 0 spiro atoms. The first-order chi connectivity index (χ1) is 25.8. The van der Waals surface area contributed by atoms with Gasteiger partial charge < -0.3 is 18.1 Å². The monoisotopic (exact) mass is 664 g/mol. The van der Waals surface area contributed by atoms with Gasteiger partial charge in [0.1, 0.15) is 22.3 Å². The summed E-state index contributed by atoms with van der Waals surface area (Å²) in [6.45, 7) is 0. The van der Waals surface area contributed by atoms with Gasteiger partial charge in [-0.2, -0.15) is 0 Å². The topological polar surface area (TPSA) is 33.9 Å². The minimum atomic E-state index is 0.857. The minimum Gasteiger partial charge on any atom is -0.456 e. The van der Waals surface area contributed by atoms with Gasteiger partial charge in [-0.05, 0) is 83.9 Å². The number of hydrogen-bond donors (Lipinski definition) is 0. The zero-order valence-electron chi connectivity index (χ0n) is 27.9. The van der Waals surface area contributed by atoms with E-state index >= 15 is 0 Å². The van der Waals surface area contributed by atoms with Crippen LogP contribution in [0.2, 0.25) is 0 Å². The second-order valence-electron chi connectivity index (χ2n) is 13.7. The van der Waals surface area contributed by atoms with E-state index in [-0.39, 0.29) is 0 Å². The van der Waals surface area contributed by atoms with Crippen molar-refractivity contribution >= 4 is 99.0 Å². The molecule has 242 valence electrons. The van der Waals surface area contributed by atoms with Gasteiger partial charge in [-0.25, -0.2) is 0 Å². The lowest BCUT2D eigenvalue weighted by Gasteiger charge is -2.25. The second-order valence-corrected chi connectivity index (χ2v) is 13.7. The number of para-hydroxylation sites is 4. The van der Waals surface area contributed by atoms with Crippen molar-refractivity contribution in [3.63, 3.8) is 0 Å². The van der Waals surface area contributed by atoms with Crippen LogP contribution < -0.4 is 4.90 Å². The van der Waals surface area contributed by atoms with Gasteiger partial charge in [0, 0.05) is 72.3 Å². The molecule has 52 heavy (non-hydrogen) atoms. The molecule has 0 aliphatic heterocycles. The van der Waals surface area contributed by atoms with E-state index < -0.39 is 0 Å². The maximum atomic E-state index is 6.37. The third-order valence-electron chi connectivity index (χ3n) is 10.9. The van der Waals surface area contributed by atoms with Gasteiger partial charge in [0.25, 0.3) is 0 Å². The lowest BCUT2D eigenvalue weighted by molar-refractivity contribution is 0.669. The highest BCUT2D eigenvalue weighted by Crippen LogP contribution is 2.44. The lowest BCUT2D eigenvalue weighted by Crippen LogP contribution is -2.09. The first-order valence-electron chi connectivity index (χ1n) is 17.7. The largest absolute Gasteiger partial charge is 0.456 e. The standard InChI is InChI=1S/C48H28N2O2/c1-5-13-42-34(9-1)40-25-30(26-41-35-10-2-6-14-43(35)50(42)48(40)41)29-17-19-31(20-18-29)49(32-21-23-38-36-11-3-7-15-44(36)51-46(38)27-32)33-22-24-39-37-12-4-8-16-45(37)52-47(39)28-33/h1-28H. The molecule has 0 aliphatic carbocycles. The van der Waals surface area contributed by atoms with Crippen molar-refractivity contribution < 1.29 is 8.83 Å². The molecule has 12 rings (SSSR count). The average molecular weight is 665 g/mol. The fraction of sp³-hybridized carbons (Fsp3) is 0. The number of rotatable bonds is 4. The minimum absolute atomic E-state index is 0.857. The molecule has 4 heteroatoms. The van der Waals surface area contributed by atoms with Gasteiger partial charge in [-0.15, -0.1) is 0 Å². The zero-order chi connectivity index (χ0) is 33.9. The van der Waals surface area contributed by atoms with Crippen LogP contribution in [0.25, 0.3) is 93.1 Å². The number of nitrogens with zero attached hydrogens (tertiary/aromatic N) is 2. The van der Waals surface area contributed by atoms with E-state index in [2.05, 4.69) is 155 Å². The van der Waals surface area contributed by atoms with Crippen molar-refractivity contribution in [3.05, 3.63) is 170 Å². The van der Waals surface area contributed by atoms with Gasteiger partial charge in [-0.3, -0.25) is 0 Å². The molecule has 0 saturated heterocycles. The molecule has 0 saturated carbocycles. The Labute approximate surface area is 297 Å². The number of furan rings is 2. The fourth-order valence-electron chi connectivity index (χ4n) is 8.57. The van der Waals surface area contributed by atoms with Gasteiger partial charge in [0.15, 0.2) is 0 Å². The lowest BCUT2D eigenvalue weighted by atomic mass is 9.99. The number of fused-ring (bicyclic) bond motifs is 12. The van der Waals surface area contributed by atoms with Crippen LogP contribution in [-0.4, -0.2) is 4.40 Å². The summed E-state index contributed by atoms with van der Waals surface area (Å²) < 4.78 is 15.2. The fourth-order valence-corrected chi connectivity index (χ4v) is 8.57. The summed E-state index contributed by atoms with van der Waals surface area (Å²) in [5.74, 6) is 0. The van der Waals surface area contributed by atoms with Crippen molar-refractivity contribution in [1.82, 2.24) is 4.40 Å². The molecule has 0 fully saturated rings. The van der Waals surface area contributed by atoms with Crippen LogP contribution >= 0.6 is 0 Å². The molecule has 0 atom stereocenters. The van der Waals surface area contributed by atoms with E-state index in [0.717, 1.165) is 60.9 Å². The molecule has 4 heterocycles. The number of aromatic nitrogens is 1. The van der Waals surface area contributed by atoms with Gasteiger partial charge >= 0.3 is 0 Å². The van der Waals surface area contributed by atoms with Crippen molar-refractivity contribution in [1.29, 1.82) is 0 Å². The highest BCUT2D eigenvalue weighted by molar-refractivity contribution is 6.24. The van der Waals surface area contributed by atoms with E-state index in [1.165, 1.54) is 49.2 Å². The molecule has 0 amide bonds. The number of anilines is 3. The first-order valence-corrected chi connectivity index (χ1v) is 17.7. The van der Waals surface area contributed by atoms with Crippen LogP contribution in [0, 0.1) is 0 Å². The van der Waals surface area contributed by atoms with Crippen molar-refractivity contribution in [2.45, 2.75) is 0 Å². The van der Waals surface area contributed by atoms with Crippen molar-refractivity contribution in [3.8, 4) is 11.1 Å². The molecule has 12 aromatic rings. The maximum absolute atomic E-state index is 6.37. The molecule has 0 N–H and O–H groups in total. The van der Waals surface area contributed by atoms with E-state index in [1.807, 2.05) is 24.3 Å². The van der Waals surface area contributed by atoms with E-state index in [0.29, 0.717) is 0 Å².